The number of halogens is 3. The molecule has 0 aliphatic rings. The fraction of sp³-hybridized carbons (Fsp3) is 0.211. The first-order valence-corrected chi connectivity index (χ1v) is 9.93. The Kier molecular flexibility index (Phi) is 6.45. The molecule has 0 fully saturated rings. The molecule has 0 saturated heterocycles. The first-order chi connectivity index (χ1) is 14.2. The number of alkyl halides is 3. The number of esters is 1. The Labute approximate surface area is 174 Å². The van der Waals surface area contributed by atoms with Crippen LogP contribution in [0.1, 0.15) is 24.2 Å². The van der Waals surface area contributed by atoms with Gasteiger partial charge in [-0.05, 0) is 37.3 Å². The molecule has 0 spiro atoms. The highest BCUT2D eigenvalue weighted by atomic mass is 32.2. The van der Waals surface area contributed by atoms with Crippen LogP contribution in [0, 0.1) is 0 Å². The number of hydrogen-bond acceptors (Lipinski definition) is 6. The van der Waals surface area contributed by atoms with Gasteiger partial charge in [-0.1, -0.05) is 18.2 Å². The second-order valence-electron chi connectivity index (χ2n) is 6.41. The van der Waals surface area contributed by atoms with Crippen molar-refractivity contribution in [2.75, 3.05) is 5.32 Å². The second-order valence-corrected chi connectivity index (χ2v) is 8.36. The van der Waals surface area contributed by atoms with Gasteiger partial charge in [0.05, 0.1) is 21.0 Å². The van der Waals surface area contributed by atoms with Crippen molar-refractivity contribution in [3.63, 3.8) is 0 Å². The van der Waals surface area contributed by atoms with E-state index >= 15 is 0 Å². The zero-order chi connectivity index (χ0) is 23.6. The van der Waals surface area contributed by atoms with Crippen molar-refractivity contribution < 1.29 is 45.8 Å². The zero-order valence-electron chi connectivity index (χ0n) is 16.1. The Morgan fingerprint density at radius 1 is 1.00 bits per heavy atom. The van der Waals surface area contributed by atoms with E-state index in [9.17, 15) is 41.1 Å². The van der Waals surface area contributed by atoms with Crippen molar-refractivity contribution in [2.24, 2.45) is 0 Å². The van der Waals surface area contributed by atoms with Crippen LogP contribution in [0.4, 0.5) is 18.9 Å². The predicted molar refractivity (Wildman–Crippen MR) is 100 cm³/mol. The summed E-state index contributed by atoms with van der Waals surface area (Å²) in [6, 6.07) is 9.50. The van der Waals surface area contributed by atoms with Crippen molar-refractivity contribution in [2.45, 2.75) is 35.4 Å². The van der Waals surface area contributed by atoms with E-state index in [0.29, 0.717) is 19.9 Å². The van der Waals surface area contributed by atoms with E-state index in [2.05, 4.69) is 4.74 Å². The molecule has 0 aliphatic heterocycles. The lowest BCUT2D eigenvalue weighted by Gasteiger charge is -2.30. The van der Waals surface area contributed by atoms with Crippen LogP contribution in [0.3, 0.4) is 0 Å². The first kappa shape index (κ1) is 23.9. The Bertz CT molecular complexity index is 1130. The van der Waals surface area contributed by atoms with Crippen LogP contribution < -0.4 is 5.32 Å². The van der Waals surface area contributed by atoms with Gasteiger partial charge in [-0.25, -0.2) is 13.2 Å². The lowest BCUT2D eigenvalue weighted by Crippen LogP contribution is -2.55. The van der Waals surface area contributed by atoms with E-state index < -0.39 is 55.6 Å². The number of ether oxygens (including phenoxy) is 1. The third-order valence-electron chi connectivity index (χ3n) is 4.16. The normalized spacial score (nSPS) is 13.7. The molecule has 12 heteroatoms. The summed E-state index contributed by atoms with van der Waals surface area (Å²) in [5, 5.41) is 11.1. The fourth-order valence-electron chi connectivity index (χ4n) is 2.47. The van der Waals surface area contributed by atoms with Gasteiger partial charge in [0.15, 0.2) is 0 Å². The Hall–Kier alpha value is -3.41. The molecule has 2 aromatic rings. The van der Waals surface area contributed by atoms with Crippen molar-refractivity contribution >= 4 is 33.4 Å². The minimum absolute atomic E-state index is 0.136. The van der Waals surface area contributed by atoms with Crippen molar-refractivity contribution in [1.29, 1.82) is 0 Å². The summed E-state index contributed by atoms with van der Waals surface area (Å²) in [5.74, 6) is -4.96. The average Bonchev–Trinajstić information content (AvgIpc) is 2.67. The summed E-state index contributed by atoms with van der Waals surface area (Å²) in [6.07, 6.45) is -5.32. The smallest absolute Gasteiger partial charge is 0.437 e. The SMILES string of the molecule is CC(=O)OC(C)(C(=O)Nc1ccc(S(=O)(=O)c2ccccc2)cc1C(=O)O)C(F)(F)F. The third kappa shape index (κ3) is 4.85. The van der Waals surface area contributed by atoms with Gasteiger partial charge in [-0.3, -0.25) is 9.59 Å². The quantitative estimate of drug-likeness (QED) is 0.636. The monoisotopic (exact) mass is 459 g/mol. The number of benzene rings is 2. The maximum Gasteiger partial charge on any atom is 0.437 e. The van der Waals surface area contributed by atoms with Gasteiger partial charge in [-0.15, -0.1) is 0 Å². The minimum Gasteiger partial charge on any atom is -0.478 e. The number of rotatable bonds is 6. The first-order valence-electron chi connectivity index (χ1n) is 8.45. The van der Waals surface area contributed by atoms with E-state index in [0.717, 1.165) is 12.1 Å². The summed E-state index contributed by atoms with van der Waals surface area (Å²) < 4.78 is 69.5. The van der Waals surface area contributed by atoms with Crippen LogP contribution in [0.15, 0.2) is 58.3 Å². The number of carboxylic acid groups (broad SMARTS) is 1. The molecule has 8 nitrogen and oxygen atoms in total. The number of nitrogens with one attached hydrogen (secondary N) is 1. The molecule has 2 rings (SSSR count). The van der Waals surface area contributed by atoms with Gasteiger partial charge in [0.2, 0.25) is 9.84 Å². The number of carbonyl (C=O) groups excluding carboxylic acids is 2. The largest absolute Gasteiger partial charge is 0.478 e. The molecular formula is C19H16F3NO7S. The average molecular weight is 459 g/mol. The van der Waals surface area contributed by atoms with Gasteiger partial charge in [0, 0.05) is 6.92 Å². The molecule has 1 amide bonds. The Morgan fingerprint density at radius 3 is 2.06 bits per heavy atom. The molecule has 31 heavy (non-hydrogen) atoms. The summed E-state index contributed by atoms with van der Waals surface area (Å²) in [7, 11) is -4.13. The van der Waals surface area contributed by atoms with Crippen molar-refractivity contribution in [1.82, 2.24) is 0 Å². The van der Waals surface area contributed by atoms with Crippen LogP contribution in [0.25, 0.3) is 0 Å². The second kappa shape index (κ2) is 8.38. The summed E-state index contributed by atoms with van der Waals surface area (Å²) in [5.41, 5.74) is -5.01. The maximum atomic E-state index is 13.4. The lowest BCUT2D eigenvalue weighted by molar-refractivity contribution is -0.253. The van der Waals surface area contributed by atoms with E-state index in [1.165, 1.54) is 24.3 Å². The summed E-state index contributed by atoms with van der Waals surface area (Å²) in [6.45, 7) is 0.974. The molecule has 1 atom stereocenters. The highest BCUT2D eigenvalue weighted by molar-refractivity contribution is 7.91. The molecule has 0 aliphatic carbocycles. The number of carbonyl (C=O) groups is 3. The van der Waals surface area contributed by atoms with Crippen LogP contribution in [-0.2, 0) is 24.2 Å². The maximum absolute atomic E-state index is 13.4. The van der Waals surface area contributed by atoms with Gasteiger partial charge >= 0.3 is 18.1 Å². The van der Waals surface area contributed by atoms with E-state index in [4.69, 9.17) is 0 Å². The summed E-state index contributed by atoms with van der Waals surface area (Å²) >= 11 is 0. The molecule has 0 radical (unpaired) electrons. The number of carboxylic acids is 1. The topological polar surface area (TPSA) is 127 Å². The van der Waals surface area contributed by atoms with E-state index in [1.54, 1.807) is 11.4 Å². The molecule has 0 saturated carbocycles. The molecule has 1 unspecified atom stereocenters. The number of hydrogen-bond donors (Lipinski definition) is 2. The van der Waals surface area contributed by atoms with E-state index in [-0.39, 0.29) is 4.90 Å². The predicted octanol–water partition coefficient (Wildman–Crippen LogP) is 3.04. The highest BCUT2D eigenvalue weighted by Crippen LogP contribution is 2.35. The Morgan fingerprint density at radius 2 is 1.58 bits per heavy atom. The lowest BCUT2D eigenvalue weighted by atomic mass is 10.0. The summed E-state index contributed by atoms with van der Waals surface area (Å²) in [4.78, 5) is 34.3. The van der Waals surface area contributed by atoms with Crippen molar-refractivity contribution in [3.05, 3.63) is 54.1 Å². The number of sulfone groups is 1. The molecule has 0 aromatic heterocycles. The van der Waals surface area contributed by atoms with Crippen LogP contribution >= 0.6 is 0 Å². The minimum atomic E-state index is -5.32. The van der Waals surface area contributed by atoms with Crippen LogP contribution in [0.5, 0.6) is 0 Å². The Balaban J connectivity index is 2.50. The number of aromatic carboxylic acids is 1. The van der Waals surface area contributed by atoms with Crippen molar-refractivity contribution in [3.8, 4) is 0 Å². The molecular weight excluding hydrogens is 443 g/mol. The molecule has 0 heterocycles. The zero-order valence-corrected chi connectivity index (χ0v) is 16.9. The molecule has 166 valence electrons. The van der Waals surface area contributed by atoms with Gasteiger partial charge in [-0.2, -0.15) is 13.2 Å². The van der Waals surface area contributed by atoms with E-state index in [1.807, 2.05) is 0 Å². The third-order valence-corrected chi connectivity index (χ3v) is 5.92. The van der Waals surface area contributed by atoms with Gasteiger partial charge in [0.1, 0.15) is 0 Å². The van der Waals surface area contributed by atoms with Crippen LogP contribution in [-0.4, -0.2) is 43.1 Å². The molecule has 2 aromatic carbocycles. The number of anilines is 1. The number of amides is 1. The van der Waals surface area contributed by atoms with Gasteiger partial charge < -0.3 is 15.2 Å². The van der Waals surface area contributed by atoms with Crippen LogP contribution in [0.2, 0.25) is 0 Å². The molecule has 2 N–H and O–H groups in total. The fourth-order valence-corrected chi connectivity index (χ4v) is 3.78. The standard InChI is InChI=1S/C19H16F3NO7S/c1-11(24)30-18(2,19(20,21)22)17(27)23-15-9-8-13(10-14(15)16(25)26)31(28,29)12-6-4-3-5-7-12/h3-10H,1-2H3,(H,23,27)(H,25,26). The molecule has 0 bridgehead atoms. The van der Waals surface area contributed by atoms with Gasteiger partial charge in [0.25, 0.3) is 11.5 Å². The highest BCUT2D eigenvalue weighted by Gasteiger charge is 2.60.